The van der Waals surface area contributed by atoms with Crippen LogP contribution in [-0.4, -0.2) is 53.1 Å². The van der Waals surface area contributed by atoms with Crippen molar-refractivity contribution < 1.29 is 19.1 Å². The lowest BCUT2D eigenvalue weighted by atomic mass is 9.87. The molecule has 3 aliphatic rings. The number of benzene rings is 1. The number of fused-ring (bicyclic) bond motifs is 2. The van der Waals surface area contributed by atoms with Crippen LogP contribution < -0.4 is 9.47 Å². The molecule has 3 heterocycles. The number of hydrogen-bond acceptors (Lipinski definition) is 4. The van der Waals surface area contributed by atoms with Crippen molar-refractivity contribution in [1.29, 1.82) is 0 Å². The molecule has 2 fully saturated rings. The Morgan fingerprint density at radius 3 is 2.69 bits per heavy atom. The first-order valence-electron chi connectivity index (χ1n) is 8.78. The maximum absolute atomic E-state index is 13.2. The van der Waals surface area contributed by atoms with E-state index in [1.807, 2.05) is 26.0 Å². The Morgan fingerprint density at radius 2 is 2.00 bits per heavy atom. The zero-order valence-electron chi connectivity index (χ0n) is 15.1. The molecule has 0 bridgehead atoms. The van der Waals surface area contributed by atoms with Crippen LogP contribution in [0.3, 0.4) is 0 Å². The SMILES string of the molecule is [C-]#[N+][C@@]1(C)C[C@H]2C(=O)N(C)[C@H](CC)C(=O)N2[C@H]1c1ccc2c(c1)OCO2. The molecule has 1 aromatic carbocycles. The Morgan fingerprint density at radius 1 is 1.27 bits per heavy atom. The summed E-state index contributed by atoms with van der Waals surface area (Å²) < 4.78 is 10.8. The normalized spacial score (nSPS) is 32.6. The number of piperazine rings is 1. The molecule has 0 spiro atoms. The summed E-state index contributed by atoms with van der Waals surface area (Å²) in [7, 11) is 1.68. The first kappa shape index (κ1) is 16.7. The molecule has 0 aromatic heterocycles. The van der Waals surface area contributed by atoms with Gasteiger partial charge in [0.1, 0.15) is 18.1 Å². The summed E-state index contributed by atoms with van der Waals surface area (Å²) in [5.41, 5.74) is -0.0662. The fourth-order valence-electron chi connectivity index (χ4n) is 4.45. The highest BCUT2D eigenvalue weighted by Gasteiger charge is 2.62. The largest absolute Gasteiger partial charge is 0.454 e. The van der Waals surface area contributed by atoms with Crippen molar-refractivity contribution in [3.63, 3.8) is 0 Å². The van der Waals surface area contributed by atoms with Crippen molar-refractivity contribution in [2.24, 2.45) is 0 Å². The van der Waals surface area contributed by atoms with Crippen LogP contribution in [0.4, 0.5) is 0 Å². The zero-order valence-corrected chi connectivity index (χ0v) is 15.1. The quantitative estimate of drug-likeness (QED) is 0.761. The van der Waals surface area contributed by atoms with Crippen LogP contribution in [0.2, 0.25) is 0 Å². The maximum atomic E-state index is 13.2. The summed E-state index contributed by atoms with van der Waals surface area (Å²) in [5.74, 6) is 1.09. The molecule has 0 N–H and O–H groups in total. The van der Waals surface area contributed by atoms with Gasteiger partial charge in [0, 0.05) is 14.0 Å². The average molecular weight is 355 g/mol. The number of ether oxygens (including phenoxy) is 2. The second-order valence-corrected chi connectivity index (χ2v) is 7.32. The summed E-state index contributed by atoms with van der Waals surface area (Å²) in [6.07, 6.45) is 0.883. The Bertz CT molecular complexity index is 833. The minimum Gasteiger partial charge on any atom is -0.454 e. The van der Waals surface area contributed by atoms with Crippen LogP contribution in [0.5, 0.6) is 11.5 Å². The van der Waals surface area contributed by atoms with Crippen molar-refractivity contribution in [2.45, 2.75) is 50.4 Å². The van der Waals surface area contributed by atoms with Gasteiger partial charge in [-0.2, -0.15) is 0 Å². The van der Waals surface area contributed by atoms with Gasteiger partial charge >= 0.3 is 0 Å². The first-order chi connectivity index (χ1) is 12.4. The predicted octanol–water partition coefficient (Wildman–Crippen LogP) is 1.99. The van der Waals surface area contributed by atoms with Crippen LogP contribution in [0.1, 0.15) is 38.3 Å². The molecule has 7 heteroatoms. The van der Waals surface area contributed by atoms with Gasteiger partial charge in [0.2, 0.25) is 18.6 Å². The molecule has 2 amide bonds. The molecule has 0 radical (unpaired) electrons. The van der Waals surface area contributed by atoms with E-state index in [-0.39, 0.29) is 18.6 Å². The molecule has 1 aromatic rings. The summed E-state index contributed by atoms with van der Waals surface area (Å²) in [6.45, 7) is 11.6. The molecular formula is C19H21N3O4. The molecule has 26 heavy (non-hydrogen) atoms. The van der Waals surface area contributed by atoms with E-state index < -0.39 is 23.7 Å². The van der Waals surface area contributed by atoms with Gasteiger partial charge in [-0.05, 0) is 24.1 Å². The fourth-order valence-corrected chi connectivity index (χ4v) is 4.45. The highest BCUT2D eigenvalue weighted by Crippen LogP contribution is 2.50. The van der Waals surface area contributed by atoms with Gasteiger partial charge in [0.25, 0.3) is 5.54 Å². The van der Waals surface area contributed by atoms with Crippen molar-refractivity contribution in [3.05, 3.63) is 35.2 Å². The van der Waals surface area contributed by atoms with E-state index in [4.69, 9.17) is 16.0 Å². The van der Waals surface area contributed by atoms with Crippen molar-refractivity contribution in [2.75, 3.05) is 13.8 Å². The van der Waals surface area contributed by atoms with Gasteiger partial charge < -0.3 is 24.1 Å². The third-order valence-electron chi connectivity index (χ3n) is 5.80. The molecule has 3 aliphatic heterocycles. The van der Waals surface area contributed by atoms with Crippen molar-refractivity contribution in [3.8, 4) is 11.5 Å². The van der Waals surface area contributed by atoms with Crippen LogP contribution in [-0.2, 0) is 9.59 Å². The number of rotatable bonds is 2. The zero-order chi connectivity index (χ0) is 18.6. The minimum atomic E-state index is -0.868. The highest BCUT2D eigenvalue weighted by molar-refractivity contribution is 5.98. The van der Waals surface area contributed by atoms with Crippen LogP contribution >= 0.6 is 0 Å². The average Bonchev–Trinajstić information content (AvgIpc) is 3.22. The van der Waals surface area contributed by atoms with Crippen LogP contribution in [0, 0.1) is 6.57 Å². The summed E-state index contributed by atoms with van der Waals surface area (Å²) in [6, 6.07) is 3.93. The number of likely N-dealkylation sites (N-methyl/N-ethyl adjacent to an activating group) is 1. The third kappa shape index (κ3) is 2.11. The Kier molecular flexibility index (Phi) is 3.62. The molecule has 0 saturated carbocycles. The van der Waals surface area contributed by atoms with E-state index >= 15 is 0 Å². The van der Waals surface area contributed by atoms with Gasteiger partial charge in [-0.15, -0.1) is 0 Å². The summed E-state index contributed by atoms with van der Waals surface area (Å²) >= 11 is 0. The number of carbonyl (C=O) groups is 2. The molecule has 7 nitrogen and oxygen atoms in total. The maximum Gasteiger partial charge on any atom is 0.256 e. The van der Waals surface area contributed by atoms with Gasteiger partial charge in [0.15, 0.2) is 11.5 Å². The third-order valence-corrected chi connectivity index (χ3v) is 5.80. The molecule has 136 valence electrons. The van der Waals surface area contributed by atoms with Gasteiger partial charge in [-0.25, -0.2) is 6.57 Å². The van der Waals surface area contributed by atoms with E-state index in [9.17, 15) is 9.59 Å². The highest BCUT2D eigenvalue weighted by atomic mass is 16.7. The second kappa shape index (κ2) is 5.63. The topological polar surface area (TPSA) is 63.4 Å². The molecule has 0 unspecified atom stereocenters. The number of hydrogen-bond donors (Lipinski definition) is 0. The number of amides is 2. The number of nitrogens with zero attached hydrogens (tertiary/aromatic N) is 3. The lowest BCUT2D eigenvalue weighted by molar-refractivity contribution is -0.160. The molecule has 0 aliphatic carbocycles. The van der Waals surface area contributed by atoms with Gasteiger partial charge in [0.05, 0.1) is 6.42 Å². The smallest absolute Gasteiger partial charge is 0.256 e. The molecule has 4 atom stereocenters. The molecular weight excluding hydrogens is 334 g/mol. The lowest BCUT2D eigenvalue weighted by Crippen LogP contribution is -2.61. The monoisotopic (exact) mass is 355 g/mol. The number of carbonyl (C=O) groups excluding carboxylic acids is 2. The first-order valence-corrected chi connectivity index (χ1v) is 8.78. The van der Waals surface area contributed by atoms with Crippen molar-refractivity contribution in [1.82, 2.24) is 9.80 Å². The molecule has 4 rings (SSSR count). The van der Waals surface area contributed by atoms with E-state index in [2.05, 4.69) is 4.85 Å². The Labute approximate surface area is 152 Å². The summed E-state index contributed by atoms with van der Waals surface area (Å²) in [5, 5.41) is 0. The minimum absolute atomic E-state index is 0.0883. The van der Waals surface area contributed by atoms with Crippen LogP contribution in [0.25, 0.3) is 4.85 Å². The van der Waals surface area contributed by atoms with Crippen LogP contribution in [0.15, 0.2) is 18.2 Å². The van der Waals surface area contributed by atoms with Crippen molar-refractivity contribution >= 4 is 11.8 Å². The van der Waals surface area contributed by atoms with E-state index in [1.54, 1.807) is 18.0 Å². The Hall–Kier alpha value is -2.75. The van der Waals surface area contributed by atoms with Gasteiger partial charge in [-0.1, -0.05) is 13.0 Å². The lowest BCUT2D eigenvalue weighted by Gasteiger charge is -2.42. The van der Waals surface area contributed by atoms with Gasteiger partial charge in [-0.3, -0.25) is 9.59 Å². The van der Waals surface area contributed by atoms with E-state index in [0.29, 0.717) is 24.3 Å². The Balaban J connectivity index is 1.82. The second-order valence-electron chi connectivity index (χ2n) is 7.32. The molecule has 2 saturated heterocycles. The summed E-state index contributed by atoms with van der Waals surface area (Å²) in [4.78, 5) is 33.1. The van der Waals surface area contributed by atoms with E-state index in [0.717, 1.165) is 5.56 Å². The standard InChI is InChI=1S/C19H21N3O4/c1-5-12-18(24)22-13(17(23)21(12)4)9-19(2,20-3)16(22)11-6-7-14-15(8-11)26-10-25-14/h6-8,12-13,16H,5,9-10H2,1-2,4H3/t12-,13+,16+,19+/m1/s1. The van der Waals surface area contributed by atoms with E-state index in [1.165, 1.54) is 4.90 Å². The fraction of sp³-hybridized carbons (Fsp3) is 0.526. The predicted molar refractivity (Wildman–Crippen MR) is 92.4 cm³/mol.